The summed E-state index contributed by atoms with van der Waals surface area (Å²) in [6, 6.07) is 1.79. The van der Waals surface area contributed by atoms with Gasteiger partial charge in [0.15, 0.2) is 5.82 Å². The lowest BCUT2D eigenvalue weighted by Crippen LogP contribution is -2.35. The van der Waals surface area contributed by atoms with Crippen LogP contribution in [-0.4, -0.2) is 47.7 Å². The van der Waals surface area contributed by atoms with Gasteiger partial charge in [-0.2, -0.15) is 0 Å². The minimum atomic E-state index is 0.408. The van der Waals surface area contributed by atoms with Crippen LogP contribution < -0.4 is 11.1 Å². The number of piperidine rings is 1. The van der Waals surface area contributed by atoms with Crippen LogP contribution in [0.3, 0.4) is 0 Å². The summed E-state index contributed by atoms with van der Waals surface area (Å²) in [5.74, 6) is 2.64. The first-order chi connectivity index (χ1) is 10.2. The van der Waals surface area contributed by atoms with E-state index in [1.165, 1.54) is 25.9 Å². The lowest BCUT2D eigenvalue weighted by atomic mass is 9.97. The number of hydrogen-bond donors (Lipinski definition) is 2. The Morgan fingerprint density at radius 3 is 2.76 bits per heavy atom. The predicted molar refractivity (Wildman–Crippen MR) is 85.1 cm³/mol. The van der Waals surface area contributed by atoms with Crippen molar-refractivity contribution in [2.45, 2.75) is 33.3 Å². The molecule has 1 aromatic heterocycles. The van der Waals surface area contributed by atoms with Gasteiger partial charge < -0.3 is 20.7 Å². The molecule has 6 heteroatoms. The van der Waals surface area contributed by atoms with Crippen LogP contribution >= 0.6 is 0 Å². The minimum absolute atomic E-state index is 0.408. The first-order valence-corrected chi connectivity index (χ1v) is 7.88. The van der Waals surface area contributed by atoms with Gasteiger partial charge in [0.2, 0.25) is 0 Å². The van der Waals surface area contributed by atoms with E-state index >= 15 is 0 Å². The van der Waals surface area contributed by atoms with E-state index in [1.54, 1.807) is 6.07 Å². The Labute approximate surface area is 127 Å². The summed E-state index contributed by atoms with van der Waals surface area (Å²) in [6.07, 6.45) is 2.49. The zero-order chi connectivity index (χ0) is 15.1. The minimum Gasteiger partial charge on any atom is -0.384 e. The number of hydrogen-bond acceptors (Lipinski definition) is 6. The fraction of sp³-hybridized carbons (Fsp3) is 0.733. The molecule has 1 aromatic rings. The monoisotopic (exact) mass is 293 g/mol. The van der Waals surface area contributed by atoms with Gasteiger partial charge in [0, 0.05) is 19.2 Å². The highest BCUT2D eigenvalue weighted by Gasteiger charge is 2.17. The standard InChI is InChI=1S/C15H27N5O/c1-3-20-7-5-12(6-8-20)10-17-14-9-13(16)18-15(19-14)11-21-4-2/h9,12H,3-8,10-11H2,1-2H3,(H3,16,17,18,19). The van der Waals surface area contributed by atoms with E-state index in [9.17, 15) is 0 Å². The molecule has 0 amide bonds. The Morgan fingerprint density at radius 2 is 2.10 bits per heavy atom. The molecule has 1 fully saturated rings. The van der Waals surface area contributed by atoms with E-state index in [-0.39, 0.29) is 0 Å². The molecule has 21 heavy (non-hydrogen) atoms. The van der Waals surface area contributed by atoms with Gasteiger partial charge >= 0.3 is 0 Å². The third-order valence-corrected chi connectivity index (χ3v) is 3.95. The number of anilines is 2. The van der Waals surface area contributed by atoms with Crippen LogP contribution in [0.25, 0.3) is 0 Å². The van der Waals surface area contributed by atoms with Crippen LogP contribution in [0, 0.1) is 5.92 Å². The second-order valence-electron chi connectivity index (χ2n) is 5.49. The Morgan fingerprint density at radius 1 is 1.33 bits per heavy atom. The van der Waals surface area contributed by atoms with Crippen LogP contribution in [0.4, 0.5) is 11.6 Å². The molecule has 1 saturated heterocycles. The van der Waals surface area contributed by atoms with Crippen molar-refractivity contribution in [3.8, 4) is 0 Å². The number of likely N-dealkylation sites (tertiary alicyclic amines) is 1. The van der Waals surface area contributed by atoms with Crippen LogP contribution in [0.1, 0.15) is 32.5 Å². The fourth-order valence-electron chi connectivity index (χ4n) is 2.62. The zero-order valence-corrected chi connectivity index (χ0v) is 13.1. The summed E-state index contributed by atoms with van der Waals surface area (Å²) in [5.41, 5.74) is 5.82. The number of nitrogen functional groups attached to an aromatic ring is 1. The van der Waals surface area contributed by atoms with Crippen LogP contribution in [0.5, 0.6) is 0 Å². The topological polar surface area (TPSA) is 76.3 Å². The first kappa shape index (κ1) is 16.0. The summed E-state index contributed by atoms with van der Waals surface area (Å²) in [4.78, 5) is 11.1. The van der Waals surface area contributed by atoms with E-state index in [2.05, 4.69) is 27.1 Å². The maximum atomic E-state index is 5.82. The van der Waals surface area contributed by atoms with Gasteiger partial charge in [-0.15, -0.1) is 0 Å². The van der Waals surface area contributed by atoms with Gasteiger partial charge in [-0.25, -0.2) is 9.97 Å². The summed E-state index contributed by atoms with van der Waals surface area (Å²) < 4.78 is 5.33. The van der Waals surface area contributed by atoms with Crippen molar-refractivity contribution in [1.82, 2.24) is 14.9 Å². The maximum Gasteiger partial charge on any atom is 0.158 e. The van der Waals surface area contributed by atoms with E-state index in [1.807, 2.05) is 6.92 Å². The Kier molecular flexibility index (Phi) is 6.20. The molecule has 0 aromatic carbocycles. The SMILES string of the molecule is CCOCc1nc(N)cc(NCC2CCN(CC)CC2)n1. The second kappa shape index (κ2) is 8.14. The number of nitrogens with zero attached hydrogens (tertiary/aromatic N) is 3. The molecule has 0 aliphatic carbocycles. The summed E-state index contributed by atoms with van der Waals surface area (Å²) >= 11 is 0. The Balaban J connectivity index is 1.84. The highest BCUT2D eigenvalue weighted by atomic mass is 16.5. The molecule has 118 valence electrons. The van der Waals surface area contributed by atoms with Crippen molar-refractivity contribution in [3.63, 3.8) is 0 Å². The van der Waals surface area contributed by atoms with Crippen molar-refractivity contribution in [2.75, 3.05) is 43.8 Å². The summed E-state index contributed by atoms with van der Waals surface area (Å²) in [5, 5.41) is 3.40. The molecule has 6 nitrogen and oxygen atoms in total. The number of nitrogens with one attached hydrogen (secondary N) is 1. The second-order valence-corrected chi connectivity index (χ2v) is 5.49. The average Bonchev–Trinajstić information content (AvgIpc) is 2.51. The van der Waals surface area contributed by atoms with Crippen molar-refractivity contribution >= 4 is 11.6 Å². The predicted octanol–water partition coefficient (Wildman–Crippen LogP) is 1.74. The van der Waals surface area contributed by atoms with Gasteiger partial charge in [0.1, 0.15) is 18.2 Å². The molecule has 2 rings (SSSR count). The highest BCUT2D eigenvalue weighted by Crippen LogP contribution is 2.18. The van der Waals surface area contributed by atoms with Crippen LogP contribution in [0.15, 0.2) is 6.07 Å². The zero-order valence-electron chi connectivity index (χ0n) is 13.1. The normalized spacial score (nSPS) is 17.0. The quantitative estimate of drug-likeness (QED) is 0.797. The molecule has 0 atom stereocenters. The van der Waals surface area contributed by atoms with Crippen molar-refractivity contribution < 1.29 is 4.74 Å². The van der Waals surface area contributed by atoms with Gasteiger partial charge in [0.25, 0.3) is 0 Å². The summed E-state index contributed by atoms with van der Waals surface area (Å²) in [6.45, 7) is 9.73. The van der Waals surface area contributed by atoms with E-state index in [0.29, 0.717) is 30.8 Å². The van der Waals surface area contributed by atoms with Gasteiger partial charge in [0.05, 0.1) is 0 Å². The molecule has 2 heterocycles. The van der Waals surface area contributed by atoms with E-state index in [0.717, 1.165) is 18.9 Å². The lowest BCUT2D eigenvalue weighted by Gasteiger charge is -2.31. The molecule has 1 aliphatic heterocycles. The van der Waals surface area contributed by atoms with Crippen LogP contribution in [0.2, 0.25) is 0 Å². The fourth-order valence-corrected chi connectivity index (χ4v) is 2.62. The third-order valence-electron chi connectivity index (χ3n) is 3.95. The van der Waals surface area contributed by atoms with Crippen molar-refractivity contribution in [2.24, 2.45) is 5.92 Å². The number of aromatic nitrogens is 2. The third kappa shape index (κ3) is 5.13. The smallest absolute Gasteiger partial charge is 0.158 e. The molecular weight excluding hydrogens is 266 g/mol. The Hall–Kier alpha value is -1.40. The Bertz CT molecular complexity index is 432. The van der Waals surface area contributed by atoms with Gasteiger partial charge in [-0.05, 0) is 45.3 Å². The molecule has 0 radical (unpaired) electrons. The molecule has 0 saturated carbocycles. The highest BCUT2D eigenvalue weighted by molar-refractivity contribution is 5.44. The van der Waals surface area contributed by atoms with E-state index < -0.39 is 0 Å². The molecule has 3 N–H and O–H groups in total. The molecule has 0 unspecified atom stereocenters. The first-order valence-electron chi connectivity index (χ1n) is 7.88. The molecule has 0 bridgehead atoms. The van der Waals surface area contributed by atoms with E-state index in [4.69, 9.17) is 10.5 Å². The van der Waals surface area contributed by atoms with Gasteiger partial charge in [-0.1, -0.05) is 6.92 Å². The van der Waals surface area contributed by atoms with Crippen molar-refractivity contribution in [1.29, 1.82) is 0 Å². The maximum absolute atomic E-state index is 5.82. The van der Waals surface area contributed by atoms with Gasteiger partial charge in [-0.3, -0.25) is 0 Å². The number of nitrogens with two attached hydrogens (primary N) is 1. The summed E-state index contributed by atoms with van der Waals surface area (Å²) in [7, 11) is 0. The molecule has 0 spiro atoms. The largest absolute Gasteiger partial charge is 0.384 e. The van der Waals surface area contributed by atoms with Crippen LogP contribution in [-0.2, 0) is 11.3 Å². The molecular formula is C15H27N5O. The lowest BCUT2D eigenvalue weighted by molar-refractivity contribution is 0.128. The van der Waals surface area contributed by atoms with Crippen molar-refractivity contribution in [3.05, 3.63) is 11.9 Å². The molecule has 1 aliphatic rings. The number of rotatable bonds is 7. The average molecular weight is 293 g/mol. The number of ether oxygens (including phenoxy) is 1.